The molecule has 0 spiro atoms. The first kappa shape index (κ1) is 15.9. The van der Waals surface area contributed by atoms with Gasteiger partial charge in [-0.15, -0.1) is 0 Å². The number of thioether (sulfide) groups is 1. The maximum absolute atomic E-state index is 6.03. The molecule has 0 radical (unpaired) electrons. The maximum atomic E-state index is 6.03. The Morgan fingerprint density at radius 2 is 1.60 bits per heavy atom. The number of hydrogen-bond donors (Lipinski definition) is 0. The van der Waals surface area contributed by atoms with Crippen molar-refractivity contribution in [1.29, 1.82) is 0 Å². The number of ether oxygens (including phenoxy) is 1. The molecule has 20 heavy (non-hydrogen) atoms. The Bertz CT molecular complexity index is 429. The quantitative estimate of drug-likeness (QED) is 0.361. The maximum Gasteiger partial charge on any atom is 0.494 e. The molecule has 1 aromatic rings. The van der Waals surface area contributed by atoms with Gasteiger partial charge in [0.05, 0.1) is 17.1 Å². The van der Waals surface area contributed by atoms with Gasteiger partial charge in [0.15, 0.2) is 0 Å². The van der Waals surface area contributed by atoms with E-state index < -0.39 is 0 Å². The summed E-state index contributed by atoms with van der Waals surface area (Å²) >= 11 is 1.69. The minimum absolute atomic E-state index is 0.286. The average molecular weight is 294 g/mol. The third kappa shape index (κ3) is 3.39. The van der Waals surface area contributed by atoms with E-state index in [1.807, 2.05) is 6.92 Å². The summed E-state index contributed by atoms with van der Waals surface area (Å²) in [6.45, 7) is 11.0. The van der Waals surface area contributed by atoms with Crippen molar-refractivity contribution in [2.75, 3.05) is 12.5 Å². The van der Waals surface area contributed by atoms with Crippen LogP contribution in [0.1, 0.15) is 34.6 Å². The molecule has 1 heterocycles. The average Bonchev–Trinajstić information content (AvgIpc) is 2.60. The summed E-state index contributed by atoms with van der Waals surface area (Å²) in [6.07, 6.45) is 0. The van der Waals surface area contributed by atoms with Crippen LogP contribution in [0, 0.1) is 0 Å². The highest BCUT2D eigenvalue weighted by Gasteiger charge is 2.51. The van der Waals surface area contributed by atoms with E-state index in [0.29, 0.717) is 5.94 Å². The van der Waals surface area contributed by atoms with Crippen molar-refractivity contribution in [3.05, 3.63) is 24.3 Å². The van der Waals surface area contributed by atoms with E-state index in [-0.39, 0.29) is 18.3 Å². The van der Waals surface area contributed by atoms with Crippen molar-refractivity contribution in [2.24, 2.45) is 0 Å². The second-order valence-corrected chi connectivity index (χ2v) is 6.91. The molecule has 0 N–H and O–H groups in total. The SMILES string of the molecule is CCOCSc1ccc(B2OC(C)(C)C(C)(C)O2)cc1. The second-order valence-electron chi connectivity index (χ2n) is 5.91. The van der Waals surface area contributed by atoms with E-state index in [1.54, 1.807) is 11.8 Å². The first-order valence-electron chi connectivity index (χ1n) is 7.02. The van der Waals surface area contributed by atoms with Crippen LogP contribution in [0.4, 0.5) is 0 Å². The highest BCUT2D eigenvalue weighted by molar-refractivity contribution is 7.99. The monoisotopic (exact) mass is 294 g/mol. The first-order valence-corrected chi connectivity index (χ1v) is 8.00. The molecule has 0 unspecified atom stereocenters. The molecule has 1 aliphatic heterocycles. The van der Waals surface area contributed by atoms with Crippen LogP contribution in [-0.2, 0) is 14.0 Å². The third-order valence-electron chi connectivity index (χ3n) is 3.92. The topological polar surface area (TPSA) is 27.7 Å². The molecule has 1 fully saturated rings. The fourth-order valence-electron chi connectivity index (χ4n) is 1.89. The lowest BCUT2D eigenvalue weighted by molar-refractivity contribution is 0.00578. The Hall–Kier alpha value is -0.485. The molecule has 0 saturated carbocycles. The van der Waals surface area contributed by atoms with Crippen LogP contribution in [0.3, 0.4) is 0 Å². The van der Waals surface area contributed by atoms with Crippen molar-refractivity contribution >= 4 is 24.3 Å². The molecule has 0 bridgehead atoms. The summed E-state index contributed by atoms with van der Waals surface area (Å²) in [7, 11) is -0.286. The number of hydrogen-bond acceptors (Lipinski definition) is 4. The van der Waals surface area contributed by atoms with E-state index in [4.69, 9.17) is 14.0 Å². The van der Waals surface area contributed by atoms with Gasteiger partial charge in [0.25, 0.3) is 0 Å². The highest BCUT2D eigenvalue weighted by atomic mass is 32.2. The Labute approximate surface area is 126 Å². The second kappa shape index (κ2) is 6.10. The first-order chi connectivity index (χ1) is 9.36. The summed E-state index contributed by atoms with van der Waals surface area (Å²) in [5.74, 6) is 0.687. The van der Waals surface area contributed by atoms with E-state index in [1.165, 1.54) is 4.90 Å². The standard InChI is InChI=1S/C15H23BO3S/c1-6-17-11-20-13-9-7-12(8-10-13)16-18-14(2,3)15(4,5)19-16/h7-10H,6,11H2,1-5H3. The van der Waals surface area contributed by atoms with Gasteiger partial charge in [0.1, 0.15) is 0 Å². The normalized spacial score (nSPS) is 20.4. The molecular formula is C15H23BO3S. The minimum atomic E-state index is -0.292. The van der Waals surface area contributed by atoms with Gasteiger partial charge < -0.3 is 14.0 Å². The zero-order valence-corrected chi connectivity index (χ0v) is 13.8. The summed E-state index contributed by atoms with van der Waals surface area (Å²) < 4.78 is 17.4. The van der Waals surface area contributed by atoms with Crippen LogP contribution in [0.25, 0.3) is 0 Å². The van der Waals surface area contributed by atoms with E-state index in [0.717, 1.165) is 12.1 Å². The fraction of sp³-hybridized carbons (Fsp3) is 0.600. The lowest BCUT2D eigenvalue weighted by Gasteiger charge is -2.32. The summed E-state index contributed by atoms with van der Waals surface area (Å²) in [4.78, 5) is 1.19. The molecule has 1 saturated heterocycles. The Morgan fingerprint density at radius 3 is 2.10 bits per heavy atom. The van der Waals surface area contributed by atoms with Crippen LogP contribution in [0.15, 0.2) is 29.2 Å². The highest BCUT2D eigenvalue weighted by Crippen LogP contribution is 2.36. The smallest absolute Gasteiger partial charge is 0.399 e. The van der Waals surface area contributed by atoms with Crippen LogP contribution in [-0.4, -0.2) is 30.9 Å². The van der Waals surface area contributed by atoms with Gasteiger partial charge in [-0.3, -0.25) is 0 Å². The molecule has 1 aromatic carbocycles. The fourth-order valence-corrected chi connectivity index (χ4v) is 2.61. The summed E-state index contributed by atoms with van der Waals surface area (Å²) in [5, 5.41) is 0. The lowest BCUT2D eigenvalue weighted by Crippen LogP contribution is -2.41. The Kier molecular flexibility index (Phi) is 4.85. The number of benzene rings is 1. The van der Waals surface area contributed by atoms with E-state index >= 15 is 0 Å². The van der Waals surface area contributed by atoms with Crippen molar-refractivity contribution < 1.29 is 14.0 Å². The van der Waals surface area contributed by atoms with Gasteiger partial charge in [-0.1, -0.05) is 23.9 Å². The Morgan fingerprint density at radius 1 is 1.05 bits per heavy atom. The zero-order valence-electron chi connectivity index (χ0n) is 12.9. The molecule has 0 aromatic heterocycles. The molecular weight excluding hydrogens is 271 g/mol. The predicted molar refractivity (Wildman–Crippen MR) is 84.5 cm³/mol. The van der Waals surface area contributed by atoms with Crippen LogP contribution in [0.2, 0.25) is 0 Å². The van der Waals surface area contributed by atoms with Crippen molar-refractivity contribution in [3.8, 4) is 0 Å². The van der Waals surface area contributed by atoms with E-state index in [2.05, 4.69) is 52.0 Å². The molecule has 0 aliphatic carbocycles. The van der Waals surface area contributed by atoms with Gasteiger partial charge in [-0.05, 0) is 52.2 Å². The molecule has 0 atom stereocenters. The largest absolute Gasteiger partial charge is 0.494 e. The molecule has 0 amide bonds. The van der Waals surface area contributed by atoms with Gasteiger partial charge in [0, 0.05) is 11.5 Å². The van der Waals surface area contributed by atoms with Crippen molar-refractivity contribution in [3.63, 3.8) is 0 Å². The van der Waals surface area contributed by atoms with Crippen molar-refractivity contribution in [1.82, 2.24) is 0 Å². The summed E-state index contributed by atoms with van der Waals surface area (Å²) in [5.41, 5.74) is 0.476. The van der Waals surface area contributed by atoms with E-state index in [9.17, 15) is 0 Å². The molecule has 3 nitrogen and oxygen atoms in total. The summed E-state index contributed by atoms with van der Waals surface area (Å²) in [6, 6.07) is 8.31. The molecule has 1 aliphatic rings. The van der Waals surface area contributed by atoms with Gasteiger partial charge >= 0.3 is 7.12 Å². The predicted octanol–water partition coefficient (Wildman–Crippen LogP) is 3.07. The Balaban J connectivity index is 2.01. The minimum Gasteiger partial charge on any atom is -0.399 e. The molecule has 110 valence electrons. The molecule has 2 rings (SSSR count). The van der Waals surface area contributed by atoms with Crippen LogP contribution >= 0.6 is 11.8 Å². The van der Waals surface area contributed by atoms with Crippen LogP contribution < -0.4 is 5.46 Å². The van der Waals surface area contributed by atoms with Crippen LogP contribution in [0.5, 0.6) is 0 Å². The van der Waals surface area contributed by atoms with Gasteiger partial charge in [0.2, 0.25) is 0 Å². The third-order valence-corrected chi connectivity index (χ3v) is 4.81. The molecule has 5 heteroatoms. The van der Waals surface area contributed by atoms with Crippen molar-refractivity contribution in [2.45, 2.75) is 50.7 Å². The number of rotatable bonds is 5. The zero-order chi connectivity index (χ0) is 14.8. The lowest BCUT2D eigenvalue weighted by atomic mass is 9.79. The van der Waals surface area contributed by atoms with Gasteiger partial charge in [-0.25, -0.2) is 0 Å². The van der Waals surface area contributed by atoms with Gasteiger partial charge in [-0.2, -0.15) is 0 Å².